The van der Waals surface area contributed by atoms with E-state index in [4.69, 9.17) is 10.00 Å². The van der Waals surface area contributed by atoms with Crippen molar-refractivity contribution in [2.24, 2.45) is 0 Å². The maximum absolute atomic E-state index is 12.4. The van der Waals surface area contributed by atoms with Gasteiger partial charge in [0.05, 0.1) is 13.2 Å². The van der Waals surface area contributed by atoms with Gasteiger partial charge in [0, 0.05) is 18.3 Å². The summed E-state index contributed by atoms with van der Waals surface area (Å²) < 4.78 is 7.26. The smallest absolute Gasteiger partial charge is 0.331 e. The van der Waals surface area contributed by atoms with Gasteiger partial charge in [-0.1, -0.05) is 18.2 Å². The van der Waals surface area contributed by atoms with E-state index < -0.39 is 23.7 Å². The predicted octanol–water partition coefficient (Wildman–Crippen LogP) is 0.788. The van der Waals surface area contributed by atoms with E-state index in [9.17, 15) is 14.4 Å². The first-order valence-corrected chi connectivity index (χ1v) is 8.09. The van der Waals surface area contributed by atoms with E-state index in [0.717, 1.165) is 10.1 Å². The molecular formula is C18H20N4O4. The molecule has 0 aliphatic carbocycles. The molecule has 0 aliphatic rings. The first kappa shape index (κ1) is 19.0. The van der Waals surface area contributed by atoms with Crippen molar-refractivity contribution < 1.29 is 9.53 Å². The van der Waals surface area contributed by atoms with Crippen molar-refractivity contribution in [2.45, 2.75) is 33.0 Å². The average molecular weight is 356 g/mol. The number of para-hydroxylation sites is 1. The van der Waals surface area contributed by atoms with E-state index in [1.807, 2.05) is 18.2 Å². The summed E-state index contributed by atoms with van der Waals surface area (Å²) in [6.45, 7) is 3.30. The molecule has 1 heterocycles. The predicted molar refractivity (Wildman–Crippen MR) is 94.9 cm³/mol. The first-order chi connectivity index (χ1) is 12.4. The van der Waals surface area contributed by atoms with E-state index >= 15 is 0 Å². The Bertz CT molecular complexity index is 968. The molecule has 0 fully saturated rings. The summed E-state index contributed by atoms with van der Waals surface area (Å²) in [6.07, 6.45) is 1.20. The van der Waals surface area contributed by atoms with Crippen molar-refractivity contribution in [3.63, 3.8) is 0 Å². The monoisotopic (exact) mass is 356 g/mol. The van der Waals surface area contributed by atoms with Crippen LogP contribution >= 0.6 is 0 Å². The van der Waals surface area contributed by atoms with Gasteiger partial charge in [-0.05, 0) is 19.9 Å². The molecule has 0 saturated carbocycles. The van der Waals surface area contributed by atoms with Crippen LogP contribution in [0.3, 0.4) is 0 Å². The van der Waals surface area contributed by atoms with Gasteiger partial charge >= 0.3 is 5.69 Å². The number of nitrogens with zero attached hydrogens (tertiary/aromatic N) is 3. The molecule has 2 aromatic rings. The van der Waals surface area contributed by atoms with Gasteiger partial charge in [0.15, 0.2) is 0 Å². The fourth-order valence-electron chi connectivity index (χ4n) is 2.63. The molecule has 0 spiro atoms. The topological polar surface area (TPSA) is 106 Å². The van der Waals surface area contributed by atoms with E-state index in [1.54, 1.807) is 26.0 Å². The zero-order chi connectivity index (χ0) is 19.3. The summed E-state index contributed by atoms with van der Waals surface area (Å²) in [5.74, 6) is 0.109. The Morgan fingerprint density at radius 3 is 2.65 bits per heavy atom. The van der Waals surface area contributed by atoms with Crippen molar-refractivity contribution in [2.75, 3.05) is 7.11 Å². The summed E-state index contributed by atoms with van der Waals surface area (Å²) in [4.78, 5) is 36.9. The molecule has 0 aliphatic heterocycles. The van der Waals surface area contributed by atoms with Gasteiger partial charge in [-0.3, -0.25) is 14.2 Å². The van der Waals surface area contributed by atoms with Gasteiger partial charge in [0.2, 0.25) is 5.91 Å². The van der Waals surface area contributed by atoms with Gasteiger partial charge in [0.25, 0.3) is 5.56 Å². The quantitative estimate of drug-likeness (QED) is 0.823. The summed E-state index contributed by atoms with van der Waals surface area (Å²) >= 11 is 0. The molecule has 8 heteroatoms. The third kappa shape index (κ3) is 3.83. The lowest BCUT2D eigenvalue weighted by molar-refractivity contribution is -0.122. The average Bonchev–Trinajstić information content (AvgIpc) is 2.65. The summed E-state index contributed by atoms with van der Waals surface area (Å²) in [5, 5.41) is 11.8. The minimum atomic E-state index is -0.776. The highest BCUT2D eigenvalue weighted by Gasteiger charge is 2.17. The van der Waals surface area contributed by atoms with Crippen LogP contribution in [-0.4, -0.2) is 22.2 Å². The summed E-state index contributed by atoms with van der Waals surface area (Å²) in [6, 6.07) is 8.59. The zero-order valence-electron chi connectivity index (χ0n) is 14.9. The first-order valence-electron chi connectivity index (χ1n) is 8.09. The number of nitrogens with one attached hydrogen (secondary N) is 1. The van der Waals surface area contributed by atoms with Gasteiger partial charge in [0.1, 0.15) is 23.9 Å². The number of benzene rings is 1. The molecule has 1 aromatic heterocycles. The molecule has 0 bridgehead atoms. The Kier molecular flexibility index (Phi) is 5.96. The number of amides is 1. The normalized spacial score (nSPS) is 11.5. The number of carbonyl (C=O) groups is 1. The fraction of sp³-hybridized carbons (Fsp3) is 0.333. The van der Waals surface area contributed by atoms with Crippen molar-refractivity contribution >= 4 is 5.91 Å². The van der Waals surface area contributed by atoms with Crippen LogP contribution in [0.4, 0.5) is 0 Å². The van der Waals surface area contributed by atoms with Crippen LogP contribution in [0.25, 0.3) is 0 Å². The molecule has 2 rings (SSSR count). The SMILES string of the molecule is CCn1cc(C#N)c(=O)n(CC(=O)NC(C)c2ccccc2OC)c1=O. The largest absolute Gasteiger partial charge is 0.496 e. The number of carbonyl (C=O) groups excluding carboxylic acids is 1. The van der Waals surface area contributed by atoms with Gasteiger partial charge in [-0.2, -0.15) is 5.26 Å². The Balaban J connectivity index is 2.27. The zero-order valence-corrected chi connectivity index (χ0v) is 14.9. The molecule has 0 saturated heterocycles. The summed E-state index contributed by atoms with van der Waals surface area (Å²) in [7, 11) is 1.54. The van der Waals surface area contributed by atoms with Crippen molar-refractivity contribution in [1.82, 2.24) is 14.5 Å². The highest BCUT2D eigenvalue weighted by atomic mass is 16.5. The number of aryl methyl sites for hydroxylation is 1. The summed E-state index contributed by atoms with van der Waals surface area (Å²) in [5.41, 5.74) is -0.816. The number of hydrogen-bond donors (Lipinski definition) is 1. The molecule has 1 aromatic carbocycles. The molecule has 26 heavy (non-hydrogen) atoms. The minimum Gasteiger partial charge on any atom is -0.496 e. The number of rotatable bonds is 6. The minimum absolute atomic E-state index is 0.183. The molecule has 1 amide bonds. The third-order valence-electron chi connectivity index (χ3n) is 3.98. The highest BCUT2D eigenvalue weighted by molar-refractivity contribution is 5.76. The number of aromatic nitrogens is 2. The van der Waals surface area contributed by atoms with E-state index in [0.29, 0.717) is 5.75 Å². The van der Waals surface area contributed by atoms with E-state index in [2.05, 4.69) is 5.32 Å². The molecule has 1 atom stereocenters. The number of methoxy groups -OCH3 is 1. The number of nitriles is 1. The van der Waals surface area contributed by atoms with Crippen LogP contribution in [0, 0.1) is 11.3 Å². The maximum Gasteiger partial charge on any atom is 0.331 e. The highest BCUT2D eigenvalue weighted by Crippen LogP contribution is 2.24. The maximum atomic E-state index is 12.4. The van der Waals surface area contributed by atoms with Crippen LogP contribution in [0.1, 0.15) is 31.0 Å². The Labute approximate surface area is 150 Å². The number of hydrogen-bond acceptors (Lipinski definition) is 5. The Morgan fingerprint density at radius 1 is 1.35 bits per heavy atom. The molecule has 8 nitrogen and oxygen atoms in total. The molecule has 0 radical (unpaired) electrons. The second-order valence-electron chi connectivity index (χ2n) is 5.65. The number of ether oxygens (including phenoxy) is 1. The van der Waals surface area contributed by atoms with E-state index in [-0.39, 0.29) is 18.2 Å². The molecule has 136 valence electrons. The van der Waals surface area contributed by atoms with Gasteiger partial charge < -0.3 is 10.1 Å². The van der Waals surface area contributed by atoms with Crippen molar-refractivity contribution in [1.29, 1.82) is 5.26 Å². The standard InChI is InChI=1S/C18H20N4O4/c1-4-21-10-13(9-19)17(24)22(18(21)25)11-16(23)20-12(2)14-7-5-6-8-15(14)26-3/h5-8,10,12H,4,11H2,1-3H3,(H,20,23). The van der Waals surface area contributed by atoms with Gasteiger partial charge in [-0.25, -0.2) is 9.36 Å². The lowest BCUT2D eigenvalue weighted by atomic mass is 10.1. The van der Waals surface area contributed by atoms with Crippen molar-refractivity contribution in [3.8, 4) is 11.8 Å². The van der Waals surface area contributed by atoms with Crippen molar-refractivity contribution in [3.05, 3.63) is 62.4 Å². The van der Waals surface area contributed by atoms with Crippen LogP contribution in [0.2, 0.25) is 0 Å². The Morgan fingerprint density at radius 2 is 2.04 bits per heavy atom. The van der Waals surface area contributed by atoms with Crippen LogP contribution in [0.5, 0.6) is 5.75 Å². The second-order valence-corrected chi connectivity index (χ2v) is 5.65. The van der Waals surface area contributed by atoms with Crippen LogP contribution in [-0.2, 0) is 17.9 Å². The fourth-order valence-corrected chi connectivity index (χ4v) is 2.63. The van der Waals surface area contributed by atoms with Crippen LogP contribution in [0.15, 0.2) is 40.1 Å². The van der Waals surface area contributed by atoms with Crippen LogP contribution < -0.4 is 21.3 Å². The molecule has 1 unspecified atom stereocenters. The van der Waals surface area contributed by atoms with E-state index in [1.165, 1.54) is 17.9 Å². The third-order valence-corrected chi connectivity index (χ3v) is 3.98. The molecular weight excluding hydrogens is 336 g/mol. The lowest BCUT2D eigenvalue weighted by Crippen LogP contribution is -2.44. The molecule has 1 N–H and O–H groups in total. The Hall–Kier alpha value is -3.34. The van der Waals surface area contributed by atoms with Gasteiger partial charge in [-0.15, -0.1) is 0 Å². The lowest BCUT2D eigenvalue weighted by Gasteiger charge is -2.17. The second kappa shape index (κ2) is 8.16.